The molecule has 2 aliphatic heterocycles. The lowest BCUT2D eigenvalue weighted by molar-refractivity contribution is -0.0113. The number of halogens is 1. The van der Waals surface area contributed by atoms with Crippen molar-refractivity contribution in [1.82, 2.24) is 14.7 Å². The van der Waals surface area contributed by atoms with Crippen LogP contribution in [0.25, 0.3) is 5.69 Å². The van der Waals surface area contributed by atoms with Gasteiger partial charge in [-0.3, -0.25) is 9.59 Å². The predicted octanol–water partition coefficient (Wildman–Crippen LogP) is 9.19. The molecule has 1 spiro atoms. The Bertz CT molecular complexity index is 3170. The maximum Gasteiger partial charge on any atom is 0.340 e. The van der Waals surface area contributed by atoms with Gasteiger partial charge in [0.2, 0.25) is 0 Å². The number of anilines is 2. The van der Waals surface area contributed by atoms with Crippen LogP contribution in [0.15, 0.2) is 97.1 Å². The SMILES string of the molecule is Cc1nn(-c2ccc(C(N)=O)c(NCCCOCCOCCOCCOCCOCCCN(Cc3cccc(I)c3)C(=S)Nc3ccc4c(c3)C(=O)OC43c4ccc(O)cc4Oc4cc(O)ccc43)c2)c2c1C(=O)CC(C)(C)C2. The van der Waals surface area contributed by atoms with Gasteiger partial charge in [-0.25, -0.2) is 9.48 Å². The van der Waals surface area contributed by atoms with Crippen LogP contribution in [0.1, 0.15) is 97.8 Å². The average Bonchev–Trinajstić information content (AvgIpc) is 3.57. The molecule has 0 bridgehead atoms. The topological polar surface area (TPSA) is 227 Å². The molecule has 20 heteroatoms. The van der Waals surface area contributed by atoms with Crippen LogP contribution in [0, 0.1) is 15.9 Å². The van der Waals surface area contributed by atoms with E-state index in [0.717, 1.165) is 26.9 Å². The molecule has 79 heavy (non-hydrogen) atoms. The number of hydrogen-bond donors (Lipinski definition) is 5. The Morgan fingerprint density at radius 2 is 1.41 bits per heavy atom. The average molecular weight is 1210 g/mol. The Morgan fingerprint density at radius 3 is 2.04 bits per heavy atom. The largest absolute Gasteiger partial charge is 0.508 e. The van der Waals surface area contributed by atoms with E-state index in [9.17, 15) is 24.6 Å². The van der Waals surface area contributed by atoms with E-state index in [1.807, 2.05) is 41.9 Å². The second-order valence-electron chi connectivity index (χ2n) is 20.3. The number of ether oxygens (including phenoxy) is 7. The molecule has 1 amide bonds. The molecular weight excluding hydrogens is 1140 g/mol. The van der Waals surface area contributed by atoms with Crippen molar-refractivity contribution >= 4 is 69.0 Å². The number of primary amides is 1. The molecule has 0 saturated carbocycles. The summed E-state index contributed by atoms with van der Waals surface area (Å²) >= 11 is 8.29. The molecule has 0 fully saturated rings. The Hall–Kier alpha value is -6.66. The van der Waals surface area contributed by atoms with Crippen molar-refractivity contribution in [2.24, 2.45) is 11.1 Å². The number of phenolic OH excluding ortho intramolecular Hbond substituents is 2. The number of rotatable bonds is 26. The first-order chi connectivity index (χ1) is 38.1. The van der Waals surface area contributed by atoms with Crippen molar-refractivity contribution < 1.29 is 57.8 Å². The van der Waals surface area contributed by atoms with Crippen LogP contribution in [0.2, 0.25) is 0 Å². The van der Waals surface area contributed by atoms with Gasteiger partial charge < -0.3 is 64.6 Å². The third-order valence-electron chi connectivity index (χ3n) is 13.8. The standard InChI is InChI=1S/C59H65IN6O12S/c1-37-54-50(34-58(2,3)35-51(54)69)66(64-37)41-10-13-44(55(61)70)49(31-41)62-17-5-19-72-21-23-74-25-27-76-28-26-75-24-22-73-20-6-18-65(36-38-7-4-8-39(60)29-38)57(79)63-40-9-14-46-45(30-40)56(71)78-59(46)47-15-11-42(67)32-52(47)77-53-33-43(68)12-16-48(53)59/h4,7-16,29-33,62,67-68H,5-6,17-28,34-36H2,1-3H3,(H2,61,70)(H,63,79). The van der Waals surface area contributed by atoms with Crippen molar-refractivity contribution in [1.29, 1.82) is 0 Å². The number of amides is 1. The highest BCUT2D eigenvalue weighted by molar-refractivity contribution is 14.1. The molecular formula is C59H65IN6O12S. The van der Waals surface area contributed by atoms with Gasteiger partial charge >= 0.3 is 5.97 Å². The van der Waals surface area contributed by atoms with E-state index < -0.39 is 17.5 Å². The van der Waals surface area contributed by atoms with Crippen LogP contribution < -0.4 is 21.1 Å². The zero-order chi connectivity index (χ0) is 55.7. The monoisotopic (exact) mass is 1210 g/mol. The van der Waals surface area contributed by atoms with Crippen molar-refractivity contribution in [2.45, 2.75) is 58.6 Å². The molecule has 416 valence electrons. The number of ketones is 1. The number of aromatic nitrogens is 2. The molecule has 5 aromatic carbocycles. The number of nitrogens with one attached hydrogen (secondary N) is 2. The fourth-order valence-electron chi connectivity index (χ4n) is 10.2. The van der Waals surface area contributed by atoms with Crippen molar-refractivity contribution in [3.63, 3.8) is 0 Å². The first kappa shape index (κ1) is 57.0. The summed E-state index contributed by atoms with van der Waals surface area (Å²) in [7, 11) is 0. The van der Waals surface area contributed by atoms with Gasteiger partial charge in [0.15, 0.2) is 16.5 Å². The Balaban J connectivity index is 0.644. The summed E-state index contributed by atoms with van der Waals surface area (Å²) in [4.78, 5) is 41.0. The Labute approximate surface area is 477 Å². The summed E-state index contributed by atoms with van der Waals surface area (Å²) in [5, 5.41) is 32.4. The molecule has 0 radical (unpaired) electrons. The van der Waals surface area contributed by atoms with Crippen LogP contribution in [0.4, 0.5) is 11.4 Å². The maximum atomic E-state index is 13.8. The molecule has 18 nitrogen and oxygen atoms in total. The summed E-state index contributed by atoms with van der Waals surface area (Å²) in [6.45, 7) is 12.1. The third kappa shape index (κ3) is 13.5. The molecule has 1 aliphatic carbocycles. The van der Waals surface area contributed by atoms with E-state index in [1.54, 1.807) is 30.3 Å². The number of thiocarbonyl (C=S) groups is 1. The van der Waals surface area contributed by atoms with Gasteiger partial charge in [-0.15, -0.1) is 0 Å². The summed E-state index contributed by atoms with van der Waals surface area (Å²) in [6.07, 6.45) is 2.58. The first-order valence-electron chi connectivity index (χ1n) is 26.3. The second kappa shape index (κ2) is 25.6. The molecule has 9 rings (SSSR count). The number of aryl methyl sites for hydroxylation is 1. The number of carbonyl (C=O) groups is 3. The van der Waals surface area contributed by atoms with Crippen LogP contribution in [0.3, 0.4) is 0 Å². The lowest BCUT2D eigenvalue weighted by Gasteiger charge is -2.36. The number of fused-ring (bicyclic) bond motifs is 7. The fourth-order valence-corrected chi connectivity index (χ4v) is 11.1. The van der Waals surface area contributed by atoms with Gasteiger partial charge in [0.1, 0.15) is 23.0 Å². The Kier molecular flexibility index (Phi) is 18.5. The number of Topliss-reactive ketones (excluding diaryl/α,β-unsaturated/α-hetero) is 1. The molecule has 6 N–H and O–H groups in total. The molecule has 0 saturated heterocycles. The summed E-state index contributed by atoms with van der Waals surface area (Å²) in [6, 6.07) is 28.3. The molecule has 1 aromatic heterocycles. The van der Waals surface area contributed by atoms with Crippen LogP contribution in [-0.4, -0.2) is 127 Å². The highest BCUT2D eigenvalue weighted by Gasteiger charge is 2.54. The van der Waals surface area contributed by atoms with Gasteiger partial charge in [-0.1, -0.05) is 32.0 Å². The van der Waals surface area contributed by atoms with Gasteiger partial charge in [-0.2, -0.15) is 5.10 Å². The smallest absolute Gasteiger partial charge is 0.340 e. The van der Waals surface area contributed by atoms with Crippen LogP contribution >= 0.6 is 34.8 Å². The van der Waals surface area contributed by atoms with Gasteiger partial charge in [0, 0.05) is 83.0 Å². The van der Waals surface area contributed by atoms with E-state index in [0.29, 0.717) is 172 Å². The molecule has 3 heterocycles. The number of benzene rings is 5. The summed E-state index contributed by atoms with van der Waals surface area (Å²) in [5.41, 5.74) is 11.9. The third-order valence-corrected chi connectivity index (χ3v) is 14.8. The van der Waals surface area contributed by atoms with E-state index in [4.69, 9.17) is 56.2 Å². The molecule has 6 aromatic rings. The minimum absolute atomic E-state index is 0.0167. The molecule has 3 aliphatic rings. The van der Waals surface area contributed by atoms with Crippen molar-refractivity contribution in [2.75, 3.05) is 89.8 Å². The number of aromatic hydroxyl groups is 2. The molecule has 0 atom stereocenters. The number of carbonyl (C=O) groups excluding carboxylic acids is 3. The van der Waals surface area contributed by atoms with Crippen molar-refractivity contribution in [3.8, 4) is 28.7 Å². The number of hydrogen-bond acceptors (Lipinski definition) is 15. The normalized spacial score (nSPS) is 14.4. The van der Waals surface area contributed by atoms with E-state index in [1.165, 1.54) is 24.3 Å². The molecule has 0 unspecified atom stereocenters. The van der Waals surface area contributed by atoms with Crippen molar-refractivity contribution in [3.05, 3.63) is 151 Å². The fraction of sp³-hybridized carbons (Fsp3) is 0.373. The summed E-state index contributed by atoms with van der Waals surface area (Å²) in [5.74, 6) is -0.384. The predicted molar refractivity (Wildman–Crippen MR) is 309 cm³/mol. The van der Waals surface area contributed by atoms with E-state index in [-0.39, 0.29) is 22.7 Å². The summed E-state index contributed by atoms with van der Waals surface area (Å²) < 4.78 is 44.0. The van der Waals surface area contributed by atoms with Crippen LogP contribution in [0.5, 0.6) is 23.0 Å². The quantitative estimate of drug-likeness (QED) is 0.0148. The number of nitrogens with zero attached hydrogens (tertiary/aromatic N) is 3. The zero-order valence-corrected chi connectivity index (χ0v) is 47.4. The maximum absolute atomic E-state index is 13.8. The minimum atomic E-state index is -1.37. The first-order valence-corrected chi connectivity index (χ1v) is 27.8. The highest BCUT2D eigenvalue weighted by atomic mass is 127. The number of esters is 1. The van der Waals surface area contributed by atoms with Crippen LogP contribution in [-0.2, 0) is 47.0 Å². The number of nitrogens with two attached hydrogens (primary N) is 1. The lowest BCUT2D eigenvalue weighted by Crippen LogP contribution is -2.35. The van der Waals surface area contributed by atoms with Gasteiger partial charge in [0.05, 0.1) is 86.6 Å². The highest BCUT2D eigenvalue weighted by Crippen LogP contribution is 2.57. The Morgan fingerprint density at radius 1 is 0.785 bits per heavy atom. The van der Waals surface area contributed by atoms with E-state index in [2.05, 4.69) is 64.1 Å². The number of phenols is 2. The minimum Gasteiger partial charge on any atom is -0.508 e. The van der Waals surface area contributed by atoms with E-state index >= 15 is 0 Å². The van der Waals surface area contributed by atoms with Gasteiger partial charge in [-0.05, 0) is 139 Å². The zero-order valence-electron chi connectivity index (χ0n) is 44.4. The lowest BCUT2D eigenvalue weighted by atomic mass is 9.75. The second-order valence-corrected chi connectivity index (χ2v) is 22.0. The van der Waals surface area contributed by atoms with Gasteiger partial charge in [0.25, 0.3) is 5.91 Å².